The van der Waals surface area contributed by atoms with Gasteiger partial charge in [0.15, 0.2) is 5.82 Å². The van der Waals surface area contributed by atoms with E-state index < -0.39 is 0 Å². The Morgan fingerprint density at radius 1 is 1.17 bits per heavy atom. The van der Waals surface area contributed by atoms with Crippen molar-refractivity contribution in [1.82, 2.24) is 19.7 Å². The molecule has 2 N–H and O–H groups in total. The van der Waals surface area contributed by atoms with Crippen molar-refractivity contribution < 1.29 is 9.53 Å². The standard InChI is InChI=1S/C22H25N5O2S/c1-29-19-9-7-16(8-10-19)20-24-22(30)27(25-20)15-26-13-11-17(12-14-26)21(28)23-18-5-3-2-4-6-18/h2-10,17H,11-15H2,1H3,(H,23,28)(H,24,25,30). The predicted octanol–water partition coefficient (Wildman–Crippen LogP) is 3.92. The van der Waals surface area contributed by atoms with Crippen LogP contribution < -0.4 is 10.1 Å². The summed E-state index contributed by atoms with van der Waals surface area (Å²) in [4.78, 5) is 19.3. The second-order valence-corrected chi connectivity index (χ2v) is 7.77. The van der Waals surface area contributed by atoms with Crippen molar-refractivity contribution in [1.29, 1.82) is 0 Å². The molecular weight excluding hydrogens is 398 g/mol. The van der Waals surface area contributed by atoms with Crippen LogP contribution >= 0.6 is 12.2 Å². The van der Waals surface area contributed by atoms with Gasteiger partial charge < -0.3 is 10.1 Å². The van der Waals surface area contributed by atoms with Gasteiger partial charge in [-0.3, -0.25) is 14.8 Å². The maximum atomic E-state index is 12.5. The van der Waals surface area contributed by atoms with Crippen LogP contribution in [-0.2, 0) is 11.5 Å². The lowest BCUT2D eigenvalue weighted by Gasteiger charge is -2.31. The third-order valence-electron chi connectivity index (χ3n) is 5.38. The number of nitrogens with one attached hydrogen (secondary N) is 2. The van der Waals surface area contributed by atoms with E-state index in [9.17, 15) is 4.79 Å². The first-order chi connectivity index (χ1) is 14.6. The molecule has 7 nitrogen and oxygen atoms in total. The average Bonchev–Trinajstić information content (AvgIpc) is 3.15. The lowest BCUT2D eigenvalue weighted by molar-refractivity contribution is -0.121. The molecule has 0 radical (unpaired) electrons. The lowest BCUT2D eigenvalue weighted by atomic mass is 9.96. The minimum absolute atomic E-state index is 0.0334. The van der Waals surface area contributed by atoms with Crippen molar-refractivity contribution >= 4 is 23.8 Å². The Labute approximate surface area is 180 Å². The zero-order chi connectivity index (χ0) is 20.9. The summed E-state index contributed by atoms with van der Waals surface area (Å²) >= 11 is 5.43. The van der Waals surface area contributed by atoms with Crippen LogP contribution in [-0.4, -0.2) is 45.8 Å². The SMILES string of the molecule is COc1ccc(-c2nc(=S)n(CN3CCC(C(=O)Nc4ccccc4)CC3)[nH]2)cc1. The van der Waals surface area contributed by atoms with E-state index in [2.05, 4.69) is 20.3 Å². The van der Waals surface area contributed by atoms with Crippen LogP contribution in [0, 0.1) is 10.7 Å². The molecule has 4 rings (SSSR count). The minimum Gasteiger partial charge on any atom is -0.497 e. The van der Waals surface area contributed by atoms with Crippen molar-refractivity contribution in [3.63, 3.8) is 0 Å². The highest BCUT2D eigenvalue weighted by atomic mass is 32.1. The molecule has 1 fully saturated rings. The zero-order valence-electron chi connectivity index (χ0n) is 16.9. The number of piperidine rings is 1. The number of hydrogen-bond donors (Lipinski definition) is 2. The van der Waals surface area contributed by atoms with Gasteiger partial charge in [-0.15, -0.1) is 0 Å². The van der Waals surface area contributed by atoms with Crippen molar-refractivity contribution in [3.05, 3.63) is 59.4 Å². The van der Waals surface area contributed by atoms with Gasteiger partial charge in [-0.2, -0.15) is 4.98 Å². The molecule has 0 atom stereocenters. The van der Waals surface area contributed by atoms with Crippen LogP contribution in [0.15, 0.2) is 54.6 Å². The fraction of sp³-hybridized carbons (Fsp3) is 0.318. The highest BCUT2D eigenvalue weighted by molar-refractivity contribution is 7.71. The summed E-state index contributed by atoms with van der Waals surface area (Å²) in [6.07, 6.45) is 1.65. The van der Waals surface area contributed by atoms with E-state index >= 15 is 0 Å². The second kappa shape index (κ2) is 9.23. The molecule has 3 aromatic rings. The highest BCUT2D eigenvalue weighted by Gasteiger charge is 2.25. The Kier molecular flexibility index (Phi) is 6.25. The maximum Gasteiger partial charge on any atom is 0.227 e. The van der Waals surface area contributed by atoms with E-state index in [1.54, 1.807) is 7.11 Å². The molecule has 156 valence electrons. The lowest BCUT2D eigenvalue weighted by Crippen LogP contribution is -2.39. The third-order valence-corrected chi connectivity index (χ3v) is 5.70. The van der Waals surface area contributed by atoms with Crippen LogP contribution in [0.5, 0.6) is 5.75 Å². The monoisotopic (exact) mass is 423 g/mol. The average molecular weight is 424 g/mol. The van der Waals surface area contributed by atoms with Gasteiger partial charge in [-0.25, -0.2) is 4.68 Å². The molecule has 1 amide bonds. The molecule has 1 saturated heterocycles. The number of para-hydroxylation sites is 1. The fourth-order valence-electron chi connectivity index (χ4n) is 3.63. The van der Waals surface area contributed by atoms with Gasteiger partial charge in [-0.1, -0.05) is 18.2 Å². The summed E-state index contributed by atoms with van der Waals surface area (Å²) in [5.41, 5.74) is 1.80. The summed E-state index contributed by atoms with van der Waals surface area (Å²) in [6.45, 7) is 2.31. The molecular formula is C22H25N5O2S. The number of aromatic nitrogens is 3. The van der Waals surface area contributed by atoms with E-state index in [0.717, 1.165) is 48.8 Å². The summed E-state index contributed by atoms with van der Waals surface area (Å²) in [7, 11) is 1.64. The number of anilines is 1. The number of methoxy groups -OCH3 is 1. The molecule has 1 aliphatic rings. The molecule has 8 heteroatoms. The van der Waals surface area contributed by atoms with E-state index in [0.29, 0.717) is 11.4 Å². The van der Waals surface area contributed by atoms with Gasteiger partial charge in [0.2, 0.25) is 10.7 Å². The van der Waals surface area contributed by atoms with E-state index in [1.165, 1.54) is 0 Å². The Balaban J connectivity index is 1.33. The van der Waals surface area contributed by atoms with Crippen molar-refractivity contribution in [3.8, 4) is 17.1 Å². The summed E-state index contributed by atoms with van der Waals surface area (Å²) in [5.74, 6) is 1.67. The number of carbonyl (C=O) groups excluding carboxylic acids is 1. The number of benzene rings is 2. The first-order valence-corrected chi connectivity index (χ1v) is 10.4. The van der Waals surface area contributed by atoms with Crippen LogP contribution in [0.1, 0.15) is 12.8 Å². The molecule has 0 aliphatic carbocycles. The molecule has 1 aromatic heterocycles. The number of aromatic amines is 1. The van der Waals surface area contributed by atoms with Crippen molar-refractivity contribution in [2.45, 2.75) is 19.5 Å². The molecule has 0 spiro atoms. The zero-order valence-corrected chi connectivity index (χ0v) is 17.7. The van der Waals surface area contributed by atoms with E-state index in [4.69, 9.17) is 17.0 Å². The number of likely N-dealkylation sites (tertiary alicyclic amines) is 1. The third kappa shape index (κ3) is 4.77. The Morgan fingerprint density at radius 2 is 1.87 bits per heavy atom. The van der Waals surface area contributed by atoms with Gasteiger partial charge in [-0.05, 0) is 61.5 Å². The number of rotatable bonds is 6. The van der Waals surface area contributed by atoms with Gasteiger partial charge >= 0.3 is 0 Å². The number of hydrogen-bond acceptors (Lipinski definition) is 5. The maximum absolute atomic E-state index is 12.5. The molecule has 1 aliphatic heterocycles. The number of carbonyl (C=O) groups is 1. The molecule has 2 heterocycles. The van der Waals surface area contributed by atoms with Crippen LogP contribution in [0.25, 0.3) is 11.4 Å². The topological polar surface area (TPSA) is 75.2 Å². The number of nitrogens with zero attached hydrogens (tertiary/aromatic N) is 3. The van der Waals surface area contributed by atoms with Gasteiger partial charge in [0, 0.05) is 30.3 Å². The molecule has 0 bridgehead atoms. The summed E-state index contributed by atoms with van der Waals surface area (Å²) < 4.78 is 7.59. The highest BCUT2D eigenvalue weighted by Crippen LogP contribution is 2.22. The Morgan fingerprint density at radius 3 is 2.53 bits per heavy atom. The van der Waals surface area contributed by atoms with Crippen LogP contribution in [0.2, 0.25) is 0 Å². The minimum atomic E-state index is 0.0334. The van der Waals surface area contributed by atoms with Crippen molar-refractivity contribution in [2.24, 2.45) is 5.92 Å². The summed E-state index contributed by atoms with van der Waals surface area (Å²) in [5, 5.41) is 6.30. The first-order valence-electron chi connectivity index (χ1n) is 10.0. The normalized spacial score (nSPS) is 15.1. The van der Waals surface area contributed by atoms with Crippen LogP contribution in [0.4, 0.5) is 5.69 Å². The van der Waals surface area contributed by atoms with E-state index in [-0.39, 0.29) is 11.8 Å². The first kappa shape index (κ1) is 20.3. The second-order valence-electron chi connectivity index (χ2n) is 7.40. The Bertz CT molecular complexity index is 1040. The van der Waals surface area contributed by atoms with Gasteiger partial charge in [0.25, 0.3) is 0 Å². The quantitative estimate of drug-likeness (QED) is 0.588. The van der Waals surface area contributed by atoms with Gasteiger partial charge in [0.05, 0.1) is 13.8 Å². The molecule has 2 aromatic carbocycles. The summed E-state index contributed by atoms with van der Waals surface area (Å²) in [6, 6.07) is 17.3. The molecule has 0 unspecified atom stereocenters. The van der Waals surface area contributed by atoms with Gasteiger partial charge in [0.1, 0.15) is 5.75 Å². The smallest absolute Gasteiger partial charge is 0.227 e. The number of H-pyrrole nitrogens is 1. The Hall–Kier alpha value is -2.97. The molecule has 0 saturated carbocycles. The molecule has 30 heavy (non-hydrogen) atoms. The van der Waals surface area contributed by atoms with Crippen molar-refractivity contribution in [2.75, 3.05) is 25.5 Å². The predicted molar refractivity (Wildman–Crippen MR) is 119 cm³/mol. The largest absolute Gasteiger partial charge is 0.497 e. The van der Waals surface area contributed by atoms with Crippen LogP contribution in [0.3, 0.4) is 0 Å². The van der Waals surface area contributed by atoms with E-state index in [1.807, 2.05) is 59.3 Å². The number of ether oxygens (including phenoxy) is 1. The number of amides is 1. The fourth-order valence-corrected chi connectivity index (χ4v) is 3.83.